The van der Waals surface area contributed by atoms with E-state index in [0.29, 0.717) is 46.5 Å². The molecule has 1 saturated heterocycles. The number of benzene rings is 3. The number of aromatic nitrogens is 1. The van der Waals surface area contributed by atoms with Crippen LogP contribution >= 0.6 is 27.3 Å². The number of carbonyl (C=O) groups excluding carboxylic acids is 2. The van der Waals surface area contributed by atoms with Gasteiger partial charge in [-0.3, -0.25) is 14.5 Å². The van der Waals surface area contributed by atoms with Crippen LogP contribution < -0.4 is 14.4 Å². The third-order valence-corrected chi connectivity index (χ3v) is 7.57. The predicted molar refractivity (Wildman–Crippen MR) is 152 cm³/mol. The second-order valence-corrected chi connectivity index (χ2v) is 10.6. The van der Waals surface area contributed by atoms with E-state index in [1.54, 1.807) is 24.3 Å². The second kappa shape index (κ2) is 11.0. The lowest BCUT2D eigenvalue weighted by molar-refractivity contribution is -0.132. The van der Waals surface area contributed by atoms with Crippen LogP contribution in [0.3, 0.4) is 0 Å². The molecule has 1 aliphatic rings. The Balaban J connectivity index is 1.66. The van der Waals surface area contributed by atoms with Crippen molar-refractivity contribution in [2.75, 3.05) is 18.1 Å². The zero-order valence-corrected chi connectivity index (χ0v) is 23.2. The van der Waals surface area contributed by atoms with E-state index < -0.39 is 17.7 Å². The third kappa shape index (κ3) is 4.91. The third-order valence-electron chi connectivity index (χ3n) is 6.05. The molecule has 0 aliphatic carbocycles. The standard InChI is InChI=1S/C29H25BrN2O5S/c1-3-13-37-20-10-6-8-18(15-20)26(33)24-25(17-7-5-9-19(30)14-17)32(28(35)27(24)34)29-31-22-12-11-21(36-4-2)16-23(22)38-29/h5-12,14-16,25,33H,3-4,13H2,1-2H3. The van der Waals surface area contributed by atoms with Gasteiger partial charge in [-0.25, -0.2) is 4.98 Å². The first-order valence-electron chi connectivity index (χ1n) is 12.2. The number of rotatable bonds is 8. The fraction of sp³-hybridized carbons (Fsp3) is 0.207. The Morgan fingerprint density at radius 3 is 2.58 bits per heavy atom. The molecule has 0 saturated carbocycles. The van der Waals surface area contributed by atoms with Crippen LogP contribution in [0.5, 0.6) is 11.5 Å². The van der Waals surface area contributed by atoms with E-state index in [0.717, 1.165) is 15.6 Å². The zero-order chi connectivity index (χ0) is 26.8. The first-order chi connectivity index (χ1) is 18.4. The second-order valence-electron chi connectivity index (χ2n) is 8.66. The van der Waals surface area contributed by atoms with Crippen molar-refractivity contribution in [3.05, 3.63) is 87.9 Å². The van der Waals surface area contributed by atoms with Crippen molar-refractivity contribution in [3.63, 3.8) is 0 Å². The minimum atomic E-state index is -0.875. The van der Waals surface area contributed by atoms with Gasteiger partial charge in [-0.15, -0.1) is 0 Å². The first-order valence-corrected chi connectivity index (χ1v) is 13.8. The topological polar surface area (TPSA) is 89.0 Å². The van der Waals surface area contributed by atoms with E-state index in [1.165, 1.54) is 16.2 Å². The van der Waals surface area contributed by atoms with E-state index in [4.69, 9.17) is 9.47 Å². The van der Waals surface area contributed by atoms with Crippen LogP contribution in [0.1, 0.15) is 37.4 Å². The maximum Gasteiger partial charge on any atom is 0.301 e. The number of aliphatic hydroxyl groups is 1. The molecule has 1 atom stereocenters. The number of thiazole rings is 1. The maximum absolute atomic E-state index is 13.5. The number of anilines is 1. The van der Waals surface area contributed by atoms with Gasteiger partial charge in [0.1, 0.15) is 17.3 Å². The Bertz CT molecular complexity index is 1560. The molecule has 1 fully saturated rings. The van der Waals surface area contributed by atoms with E-state index in [2.05, 4.69) is 20.9 Å². The summed E-state index contributed by atoms with van der Waals surface area (Å²) in [5.74, 6) is -0.524. The molecule has 194 valence electrons. The van der Waals surface area contributed by atoms with Crippen LogP contribution in [-0.2, 0) is 9.59 Å². The van der Waals surface area contributed by atoms with Crippen LogP contribution in [0, 0.1) is 0 Å². The Labute approximate surface area is 232 Å². The Morgan fingerprint density at radius 2 is 1.82 bits per heavy atom. The molecular formula is C29H25BrN2O5S. The van der Waals surface area contributed by atoms with E-state index in [9.17, 15) is 14.7 Å². The zero-order valence-electron chi connectivity index (χ0n) is 20.8. The number of ether oxygens (including phenoxy) is 2. The number of ketones is 1. The van der Waals surface area contributed by atoms with Crippen molar-refractivity contribution in [1.29, 1.82) is 0 Å². The lowest BCUT2D eigenvalue weighted by atomic mass is 9.95. The number of amides is 1. The van der Waals surface area contributed by atoms with Gasteiger partial charge in [0, 0.05) is 10.0 Å². The van der Waals surface area contributed by atoms with Crippen molar-refractivity contribution < 1.29 is 24.2 Å². The van der Waals surface area contributed by atoms with Gasteiger partial charge in [-0.1, -0.05) is 58.5 Å². The molecule has 0 radical (unpaired) electrons. The maximum atomic E-state index is 13.5. The summed E-state index contributed by atoms with van der Waals surface area (Å²) in [4.78, 5) is 33.0. The summed E-state index contributed by atoms with van der Waals surface area (Å²) < 4.78 is 12.9. The largest absolute Gasteiger partial charge is 0.507 e. The normalized spacial score (nSPS) is 16.8. The lowest BCUT2D eigenvalue weighted by Crippen LogP contribution is -2.29. The highest BCUT2D eigenvalue weighted by atomic mass is 79.9. The SMILES string of the molecule is CCCOc1cccc(C(O)=C2C(=O)C(=O)N(c3nc4ccc(OCC)cc4s3)C2c2cccc(Br)c2)c1. The number of hydrogen-bond acceptors (Lipinski definition) is 7. The highest BCUT2D eigenvalue weighted by Crippen LogP contribution is 2.45. The summed E-state index contributed by atoms with van der Waals surface area (Å²) >= 11 is 4.78. The predicted octanol–water partition coefficient (Wildman–Crippen LogP) is 6.87. The molecule has 7 nitrogen and oxygen atoms in total. The molecule has 1 aliphatic heterocycles. The van der Waals surface area contributed by atoms with Crippen molar-refractivity contribution in [2.24, 2.45) is 0 Å². The number of carbonyl (C=O) groups is 2. The van der Waals surface area contributed by atoms with Gasteiger partial charge in [-0.05, 0) is 61.4 Å². The van der Waals surface area contributed by atoms with Crippen LogP contribution in [0.25, 0.3) is 16.0 Å². The van der Waals surface area contributed by atoms with Gasteiger partial charge in [0.15, 0.2) is 5.13 Å². The van der Waals surface area contributed by atoms with E-state index in [1.807, 2.05) is 56.3 Å². The average molecular weight is 593 g/mol. The highest BCUT2D eigenvalue weighted by Gasteiger charge is 2.48. The molecule has 1 aromatic heterocycles. The lowest BCUT2D eigenvalue weighted by Gasteiger charge is -2.23. The average Bonchev–Trinajstić information content (AvgIpc) is 3.45. The summed E-state index contributed by atoms with van der Waals surface area (Å²) in [6.07, 6.45) is 0.832. The number of Topliss-reactive ketones (excluding diaryl/α,β-unsaturated/α-hetero) is 1. The molecule has 0 bridgehead atoms. The van der Waals surface area contributed by atoms with E-state index >= 15 is 0 Å². The summed E-state index contributed by atoms with van der Waals surface area (Å²) in [6.45, 7) is 4.96. The molecule has 38 heavy (non-hydrogen) atoms. The van der Waals surface area contributed by atoms with Gasteiger partial charge in [0.2, 0.25) is 0 Å². The van der Waals surface area contributed by atoms with Gasteiger partial charge in [-0.2, -0.15) is 0 Å². The monoisotopic (exact) mass is 592 g/mol. The van der Waals surface area contributed by atoms with Crippen LogP contribution in [0.15, 0.2) is 76.8 Å². The first kappa shape index (κ1) is 25.9. The molecule has 1 unspecified atom stereocenters. The smallest absolute Gasteiger partial charge is 0.301 e. The molecule has 1 amide bonds. The number of halogens is 1. The quantitative estimate of drug-likeness (QED) is 0.136. The number of hydrogen-bond donors (Lipinski definition) is 1. The summed E-state index contributed by atoms with van der Waals surface area (Å²) in [5.41, 5.74) is 1.73. The van der Waals surface area contributed by atoms with Crippen LogP contribution in [-0.4, -0.2) is 35.0 Å². The highest BCUT2D eigenvalue weighted by molar-refractivity contribution is 9.10. The van der Waals surface area contributed by atoms with Gasteiger partial charge in [0.25, 0.3) is 5.78 Å². The molecule has 3 aromatic carbocycles. The van der Waals surface area contributed by atoms with Crippen molar-refractivity contribution in [1.82, 2.24) is 4.98 Å². The Morgan fingerprint density at radius 1 is 1.03 bits per heavy atom. The van der Waals surface area contributed by atoms with Gasteiger partial charge < -0.3 is 14.6 Å². The fourth-order valence-electron chi connectivity index (χ4n) is 4.38. The van der Waals surface area contributed by atoms with Crippen molar-refractivity contribution >= 4 is 60.1 Å². The minimum Gasteiger partial charge on any atom is -0.507 e. The molecule has 0 spiro atoms. The fourth-order valence-corrected chi connectivity index (χ4v) is 5.82. The van der Waals surface area contributed by atoms with Crippen molar-refractivity contribution in [3.8, 4) is 11.5 Å². The minimum absolute atomic E-state index is 0.00463. The number of fused-ring (bicyclic) bond motifs is 1. The van der Waals surface area contributed by atoms with Gasteiger partial charge >= 0.3 is 5.91 Å². The summed E-state index contributed by atoms with van der Waals surface area (Å²) in [6, 6.07) is 18.9. The molecule has 5 rings (SSSR count). The Kier molecular flexibility index (Phi) is 7.49. The molecule has 1 N–H and O–H groups in total. The Hall–Kier alpha value is -3.69. The molecule has 4 aromatic rings. The van der Waals surface area contributed by atoms with Crippen LogP contribution in [0.4, 0.5) is 5.13 Å². The molecule has 9 heteroatoms. The van der Waals surface area contributed by atoms with Crippen LogP contribution in [0.2, 0.25) is 0 Å². The molecule has 2 heterocycles. The number of nitrogens with zero attached hydrogens (tertiary/aromatic N) is 2. The van der Waals surface area contributed by atoms with Crippen molar-refractivity contribution in [2.45, 2.75) is 26.3 Å². The summed E-state index contributed by atoms with van der Waals surface area (Å²) in [7, 11) is 0. The number of aliphatic hydroxyl groups excluding tert-OH is 1. The van der Waals surface area contributed by atoms with Gasteiger partial charge in [0.05, 0.1) is 35.0 Å². The van der Waals surface area contributed by atoms with E-state index in [-0.39, 0.29) is 11.3 Å². The summed E-state index contributed by atoms with van der Waals surface area (Å²) in [5, 5.41) is 11.8. The molecular weight excluding hydrogens is 568 g/mol.